The molecule has 0 heterocycles. The minimum absolute atomic E-state index is 0.172. The number of carbonyl (C=O) groups excluding carboxylic acids is 2. The minimum Gasteiger partial charge on any atom is -0.497 e. The lowest BCUT2D eigenvalue weighted by Gasteiger charge is -2.08. The van der Waals surface area contributed by atoms with E-state index in [1.165, 1.54) is 32.4 Å². The normalized spacial score (nSPS) is 9.91. The summed E-state index contributed by atoms with van der Waals surface area (Å²) in [6.07, 6.45) is 0. The Bertz CT molecular complexity index is 561. The largest absolute Gasteiger partial charge is 0.497 e. The van der Waals surface area contributed by atoms with Crippen molar-refractivity contribution >= 4 is 17.5 Å². The van der Waals surface area contributed by atoms with Crippen LogP contribution in [0.2, 0.25) is 0 Å². The van der Waals surface area contributed by atoms with E-state index in [0.29, 0.717) is 18.9 Å². The number of nitrogens with one attached hydrogen (secondary N) is 2. The third-order valence-corrected chi connectivity index (χ3v) is 2.68. The molecule has 1 aromatic rings. The molecule has 120 valence electrons. The van der Waals surface area contributed by atoms with Gasteiger partial charge in [0.1, 0.15) is 11.3 Å². The number of benzene rings is 1. The fourth-order valence-corrected chi connectivity index (χ4v) is 1.59. The Hall–Kier alpha value is -2.68. The molecule has 0 fully saturated rings. The van der Waals surface area contributed by atoms with Crippen molar-refractivity contribution in [1.82, 2.24) is 10.6 Å². The first kappa shape index (κ1) is 17.4. The molecule has 1 aromatic carbocycles. The van der Waals surface area contributed by atoms with Crippen molar-refractivity contribution < 1.29 is 24.0 Å². The molecule has 2 N–H and O–H groups in total. The van der Waals surface area contributed by atoms with Crippen molar-refractivity contribution in [3.05, 3.63) is 33.9 Å². The van der Waals surface area contributed by atoms with E-state index in [0.717, 1.165) is 0 Å². The molecule has 9 heteroatoms. The highest BCUT2D eigenvalue weighted by Crippen LogP contribution is 2.23. The van der Waals surface area contributed by atoms with Crippen molar-refractivity contribution in [3.63, 3.8) is 0 Å². The summed E-state index contributed by atoms with van der Waals surface area (Å²) in [4.78, 5) is 33.7. The van der Waals surface area contributed by atoms with Crippen LogP contribution in [0.3, 0.4) is 0 Å². The molecule has 9 nitrogen and oxygen atoms in total. The fraction of sp³-hybridized carbons (Fsp3) is 0.385. The minimum atomic E-state index is -0.729. The molecule has 1 rings (SSSR count). The van der Waals surface area contributed by atoms with E-state index in [2.05, 4.69) is 10.6 Å². The molecule has 0 radical (unpaired) electrons. The molecule has 0 aliphatic heterocycles. The van der Waals surface area contributed by atoms with E-state index in [-0.39, 0.29) is 17.8 Å². The monoisotopic (exact) mass is 311 g/mol. The second kappa shape index (κ2) is 8.57. The van der Waals surface area contributed by atoms with E-state index >= 15 is 0 Å². The zero-order valence-electron chi connectivity index (χ0n) is 12.3. The fourth-order valence-electron chi connectivity index (χ4n) is 1.59. The summed E-state index contributed by atoms with van der Waals surface area (Å²) < 4.78 is 9.70. The van der Waals surface area contributed by atoms with Gasteiger partial charge in [-0.3, -0.25) is 19.7 Å². The highest BCUT2D eigenvalue weighted by Gasteiger charge is 2.21. The van der Waals surface area contributed by atoms with Gasteiger partial charge in [0.15, 0.2) is 0 Å². The van der Waals surface area contributed by atoms with Crippen molar-refractivity contribution in [2.24, 2.45) is 0 Å². The molecule has 0 aromatic heterocycles. The highest BCUT2D eigenvalue weighted by atomic mass is 16.6. The van der Waals surface area contributed by atoms with Gasteiger partial charge >= 0.3 is 0 Å². The molecule has 22 heavy (non-hydrogen) atoms. The Kier molecular flexibility index (Phi) is 6.77. The lowest BCUT2D eigenvalue weighted by atomic mass is 10.1. The second-order valence-corrected chi connectivity index (χ2v) is 4.17. The third-order valence-electron chi connectivity index (χ3n) is 2.68. The van der Waals surface area contributed by atoms with E-state index in [4.69, 9.17) is 9.47 Å². The maximum absolute atomic E-state index is 12.0. The molecule has 0 atom stereocenters. The Labute approximate surface area is 126 Å². The summed E-state index contributed by atoms with van der Waals surface area (Å²) in [6.45, 7) is 0.364. The number of nitro groups is 1. The van der Waals surface area contributed by atoms with E-state index in [1.54, 1.807) is 0 Å². The summed E-state index contributed by atoms with van der Waals surface area (Å²) in [6, 6.07) is 3.80. The average Bonchev–Trinajstić information content (AvgIpc) is 2.52. The number of amides is 2. The number of hydrogen-bond donors (Lipinski definition) is 2. The number of carbonyl (C=O) groups is 2. The standard InChI is InChI=1S/C13H17N3O6/c1-21-6-5-14-12(17)8-15-13(18)10-7-9(22-2)3-4-11(10)16(19)20/h3-4,7H,5-6,8H2,1-2H3,(H,14,17)(H,15,18). The Morgan fingerprint density at radius 1 is 1.27 bits per heavy atom. The SMILES string of the molecule is COCCNC(=O)CNC(=O)c1cc(OC)ccc1[N+](=O)[O-]. The van der Waals surface area contributed by atoms with Crippen LogP contribution in [-0.4, -0.2) is 50.7 Å². The number of methoxy groups -OCH3 is 2. The Morgan fingerprint density at radius 3 is 2.59 bits per heavy atom. The van der Waals surface area contributed by atoms with Crippen LogP contribution in [0.25, 0.3) is 0 Å². The molecule has 0 bridgehead atoms. The van der Waals surface area contributed by atoms with Crippen LogP contribution < -0.4 is 15.4 Å². The topological polar surface area (TPSA) is 120 Å². The Morgan fingerprint density at radius 2 is 2.00 bits per heavy atom. The quantitative estimate of drug-likeness (QED) is 0.399. The smallest absolute Gasteiger partial charge is 0.282 e. The average molecular weight is 311 g/mol. The van der Waals surface area contributed by atoms with Gasteiger partial charge in [0.05, 0.1) is 25.2 Å². The summed E-state index contributed by atoms with van der Waals surface area (Å²) >= 11 is 0. The van der Waals surface area contributed by atoms with Crippen LogP contribution in [0.15, 0.2) is 18.2 Å². The molecule has 0 unspecified atom stereocenters. The molecule has 0 saturated carbocycles. The molecular formula is C13H17N3O6. The zero-order chi connectivity index (χ0) is 16.5. The predicted molar refractivity (Wildman–Crippen MR) is 76.9 cm³/mol. The van der Waals surface area contributed by atoms with Gasteiger partial charge in [-0.2, -0.15) is 0 Å². The highest BCUT2D eigenvalue weighted by molar-refractivity contribution is 6.00. The summed E-state index contributed by atoms with van der Waals surface area (Å²) in [5.41, 5.74) is -0.535. The maximum Gasteiger partial charge on any atom is 0.282 e. The summed E-state index contributed by atoms with van der Waals surface area (Å²) in [5.74, 6) is -0.844. The third kappa shape index (κ3) is 5.02. The summed E-state index contributed by atoms with van der Waals surface area (Å²) in [7, 11) is 2.88. The van der Waals surface area contributed by atoms with Crippen LogP contribution in [0.5, 0.6) is 5.75 Å². The van der Waals surface area contributed by atoms with Gasteiger partial charge < -0.3 is 20.1 Å². The number of rotatable bonds is 8. The van der Waals surface area contributed by atoms with E-state index in [1.807, 2.05) is 0 Å². The van der Waals surface area contributed by atoms with Crippen molar-refractivity contribution in [1.29, 1.82) is 0 Å². The summed E-state index contributed by atoms with van der Waals surface area (Å²) in [5, 5.41) is 15.8. The van der Waals surface area contributed by atoms with Gasteiger partial charge in [-0.05, 0) is 12.1 Å². The predicted octanol–water partition coefficient (Wildman–Crippen LogP) is 0.0958. The van der Waals surface area contributed by atoms with Gasteiger partial charge in [-0.1, -0.05) is 0 Å². The van der Waals surface area contributed by atoms with Crippen LogP contribution in [0, 0.1) is 10.1 Å². The second-order valence-electron chi connectivity index (χ2n) is 4.17. The first-order valence-corrected chi connectivity index (χ1v) is 6.35. The zero-order valence-corrected chi connectivity index (χ0v) is 12.3. The van der Waals surface area contributed by atoms with Crippen LogP contribution in [0.1, 0.15) is 10.4 Å². The molecule has 0 saturated heterocycles. The molecule has 0 aliphatic rings. The van der Waals surface area contributed by atoms with Gasteiger partial charge in [0.2, 0.25) is 5.91 Å². The number of hydrogen-bond acceptors (Lipinski definition) is 6. The first-order chi connectivity index (χ1) is 10.5. The van der Waals surface area contributed by atoms with Crippen LogP contribution >= 0.6 is 0 Å². The lowest BCUT2D eigenvalue weighted by molar-refractivity contribution is -0.385. The maximum atomic E-state index is 12.0. The van der Waals surface area contributed by atoms with Crippen molar-refractivity contribution in [2.75, 3.05) is 33.9 Å². The van der Waals surface area contributed by atoms with Gasteiger partial charge in [0, 0.05) is 19.7 Å². The molecular weight excluding hydrogens is 294 g/mol. The van der Waals surface area contributed by atoms with Gasteiger partial charge in [-0.15, -0.1) is 0 Å². The van der Waals surface area contributed by atoms with Gasteiger partial charge in [0.25, 0.3) is 11.6 Å². The number of nitro benzene ring substituents is 1. The Balaban J connectivity index is 2.72. The molecule has 2 amide bonds. The van der Waals surface area contributed by atoms with E-state index in [9.17, 15) is 19.7 Å². The van der Waals surface area contributed by atoms with Crippen LogP contribution in [0.4, 0.5) is 5.69 Å². The molecule has 0 spiro atoms. The first-order valence-electron chi connectivity index (χ1n) is 6.35. The van der Waals surface area contributed by atoms with Gasteiger partial charge in [-0.25, -0.2) is 0 Å². The van der Waals surface area contributed by atoms with Crippen molar-refractivity contribution in [3.8, 4) is 5.75 Å². The van der Waals surface area contributed by atoms with Crippen LogP contribution in [-0.2, 0) is 9.53 Å². The molecule has 0 aliphatic carbocycles. The van der Waals surface area contributed by atoms with E-state index < -0.39 is 16.7 Å². The number of ether oxygens (including phenoxy) is 2. The number of nitrogens with zero attached hydrogens (tertiary/aromatic N) is 1. The lowest BCUT2D eigenvalue weighted by Crippen LogP contribution is -2.38. The van der Waals surface area contributed by atoms with Crippen molar-refractivity contribution in [2.45, 2.75) is 0 Å².